The highest BCUT2D eigenvalue weighted by molar-refractivity contribution is 5.66. The molecule has 1 aromatic rings. The minimum atomic E-state index is -0.747. The number of hydrogen-bond donors (Lipinski definition) is 1. The van der Waals surface area contributed by atoms with Gasteiger partial charge >= 0.3 is 5.97 Å². The smallest absolute Gasteiger partial charge is 0.303 e. The van der Waals surface area contributed by atoms with Gasteiger partial charge in [0.2, 0.25) is 0 Å². The van der Waals surface area contributed by atoms with E-state index in [-0.39, 0.29) is 11.8 Å². The summed E-state index contributed by atoms with van der Waals surface area (Å²) in [6, 6.07) is 4.20. The van der Waals surface area contributed by atoms with Crippen LogP contribution >= 0.6 is 0 Å². The number of methoxy groups -OCH3 is 1. The van der Waals surface area contributed by atoms with Crippen LogP contribution in [0.2, 0.25) is 0 Å². The summed E-state index contributed by atoms with van der Waals surface area (Å²) in [5.41, 5.74) is 3.48. The molecule has 1 rings (SSSR count). The van der Waals surface area contributed by atoms with Crippen LogP contribution in [0.5, 0.6) is 5.75 Å². The Morgan fingerprint density at radius 1 is 1.32 bits per heavy atom. The van der Waals surface area contributed by atoms with Crippen LogP contribution in [-0.4, -0.2) is 18.2 Å². The molecule has 1 N–H and O–H groups in total. The van der Waals surface area contributed by atoms with Gasteiger partial charge in [-0.25, -0.2) is 0 Å². The SMILES string of the molecule is COc1c(C(C)(C)C)ccc(C)c1CCCC(=O)O. The molecule has 0 aliphatic heterocycles. The minimum absolute atomic E-state index is 0.0145. The number of ether oxygens (including phenoxy) is 1. The first-order valence-electron chi connectivity index (χ1n) is 6.66. The summed E-state index contributed by atoms with van der Waals surface area (Å²) in [6.45, 7) is 8.51. The quantitative estimate of drug-likeness (QED) is 0.882. The molecule has 0 bridgehead atoms. The molecule has 0 aromatic heterocycles. The van der Waals surface area contributed by atoms with E-state index in [2.05, 4.69) is 32.9 Å². The largest absolute Gasteiger partial charge is 0.496 e. The zero-order chi connectivity index (χ0) is 14.6. The van der Waals surface area contributed by atoms with Gasteiger partial charge in [0.15, 0.2) is 0 Å². The monoisotopic (exact) mass is 264 g/mol. The summed E-state index contributed by atoms with van der Waals surface area (Å²) in [4.78, 5) is 10.6. The lowest BCUT2D eigenvalue weighted by atomic mass is 9.83. The molecule has 3 nitrogen and oxygen atoms in total. The van der Waals surface area contributed by atoms with Gasteiger partial charge in [-0.15, -0.1) is 0 Å². The summed E-state index contributed by atoms with van der Waals surface area (Å²) in [5.74, 6) is 0.168. The van der Waals surface area contributed by atoms with Crippen molar-refractivity contribution in [3.8, 4) is 5.75 Å². The normalized spacial score (nSPS) is 11.4. The van der Waals surface area contributed by atoms with E-state index < -0.39 is 5.97 Å². The van der Waals surface area contributed by atoms with Gasteiger partial charge in [-0.05, 0) is 41.9 Å². The molecule has 0 radical (unpaired) electrons. The Morgan fingerprint density at radius 2 is 1.95 bits per heavy atom. The molecule has 0 saturated heterocycles. The zero-order valence-corrected chi connectivity index (χ0v) is 12.5. The van der Waals surface area contributed by atoms with Crippen LogP contribution in [0.3, 0.4) is 0 Å². The highest BCUT2D eigenvalue weighted by atomic mass is 16.5. The van der Waals surface area contributed by atoms with Gasteiger partial charge in [0.1, 0.15) is 5.75 Å². The summed E-state index contributed by atoms with van der Waals surface area (Å²) in [7, 11) is 1.69. The average molecular weight is 264 g/mol. The molecule has 0 fully saturated rings. The molecule has 0 aliphatic carbocycles. The van der Waals surface area contributed by atoms with Gasteiger partial charge in [-0.2, -0.15) is 0 Å². The average Bonchev–Trinajstić information content (AvgIpc) is 2.28. The molecule has 0 saturated carbocycles. The number of rotatable bonds is 5. The van der Waals surface area contributed by atoms with Gasteiger partial charge in [-0.3, -0.25) is 4.79 Å². The van der Waals surface area contributed by atoms with Crippen molar-refractivity contribution in [1.82, 2.24) is 0 Å². The first kappa shape index (κ1) is 15.5. The van der Waals surface area contributed by atoms with Crippen LogP contribution in [0.25, 0.3) is 0 Å². The molecular formula is C16H24O3. The van der Waals surface area contributed by atoms with Gasteiger partial charge < -0.3 is 9.84 Å². The van der Waals surface area contributed by atoms with Crippen molar-refractivity contribution in [2.75, 3.05) is 7.11 Å². The first-order chi connectivity index (χ1) is 8.77. The predicted molar refractivity (Wildman–Crippen MR) is 77.0 cm³/mol. The molecule has 0 spiro atoms. The van der Waals surface area contributed by atoms with Crippen molar-refractivity contribution in [3.05, 3.63) is 28.8 Å². The molecule has 0 heterocycles. The summed E-state index contributed by atoms with van der Waals surface area (Å²) in [5, 5.41) is 8.74. The Bertz CT molecular complexity index is 456. The Hall–Kier alpha value is -1.51. The molecule has 0 atom stereocenters. The van der Waals surface area contributed by atoms with E-state index in [4.69, 9.17) is 9.84 Å². The van der Waals surface area contributed by atoms with Crippen molar-refractivity contribution in [3.63, 3.8) is 0 Å². The Morgan fingerprint density at radius 3 is 2.42 bits per heavy atom. The molecular weight excluding hydrogens is 240 g/mol. The predicted octanol–water partition coefficient (Wildman–Crippen LogP) is 3.71. The molecule has 3 heteroatoms. The van der Waals surface area contributed by atoms with E-state index in [9.17, 15) is 4.79 Å². The molecule has 0 aliphatic rings. The summed E-state index contributed by atoms with van der Waals surface area (Å²) in [6.07, 6.45) is 1.58. The Kier molecular flexibility index (Phi) is 4.98. The number of carboxylic acids is 1. The standard InChI is InChI=1S/C16H24O3/c1-11-9-10-13(16(2,3)4)15(19-5)12(11)7-6-8-14(17)18/h9-10H,6-8H2,1-5H3,(H,17,18). The third-order valence-corrected chi connectivity index (χ3v) is 3.32. The van der Waals surface area contributed by atoms with Crippen molar-refractivity contribution in [1.29, 1.82) is 0 Å². The molecule has 0 amide bonds. The van der Waals surface area contributed by atoms with Crippen molar-refractivity contribution >= 4 is 5.97 Å². The second-order valence-corrected chi connectivity index (χ2v) is 5.94. The third kappa shape index (κ3) is 3.98. The van der Waals surface area contributed by atoms with Crippen LogP contribution in [0.15, 0.2) is 12.1 Å². The van der Waals surface area contributed by atoms with Crippen LogP contribution < -0.4 is 4.74 Å². The summed E-state index contributed by atoms with van der Waals surface area (Å²) >= 11 is 0. The number of carbonyl (C=O) groups is 1. The maximum absolute atomic E-state index is 10.6. The number of benzene rings is 1. The molecule has 106 valence electrons. The van der Waals surface area contributed by atoms with Crippen molar-refractivity contribution in [2.45, 2.75) is 52.4 Å². The Labute approximate surface area is 115 Å². The van der Waals surface area contributed by atoms with E-state index in [1.807, 2.05) is 6.92 Å². The van der Waals surface area contributed by atoms with Crippen LogP contribution in [0.4, 0.5) is 0 Å². The minimum Gasteiger partial charge on any atom is -0.496 e. The second-order valence-electron chi connectivity index (χ2n) is 5.94. The van der Waals surface area contributed by atoms with Crippen LogP contribution in [0, 0.1) is 6.92 Å². The van der Waals surface area contributed by atoms with E-state index >= 15 is 0 Å². The van der Waals surface area contributed by atoms with Gasteiger partial charge in [-0.1, -0.05) is 32.9 Å². The van der Waals surface area contributed by atoms with E-state index in [0.717, 1.165) is 23.3 Å². The highest BCUT2D eigenvalue weighted by Gasteiger charge is 2.21. The second kappa shape index (κ2) is 6.09. The zero-order valence-electron chi connectivity index (χ0n) is 12.5. The van der Waals surface area contributed by atoms with Gasteiger partial charge in [0, 0.05) is 6.42 Å². The van der Waals surface area contributed by atoms with E-state index in [0.29, 0.717) is 6.42 Å². The third-order valence-electron chi connectivity index (χ3n) is 3.32. The van der Waals surface area contributed by atoms with E-state index in [1.165, 1.54) is 5.56 Å². The first-order valence-corrected chi connectivity index (χ1v) is 6.66. The molecule has 1 aromatic carbocycles. The maximum Gasteiger partial charge on any atom is 0.303 e. The van der Waals surface area contributed by atoms with Crippen LogP contribution in [-0.2, 0) is 16.6 Å². The van der Waals surface area contributed by atoms with E-state index in [1.54, 1.807) is 7.11 Å². The number of aliphatic carboxylic acids is 1. The van der Waals surface area contributed by atoms with Gasteiger partial charge in [0.25, 0.3) is 0 Å². The van der Waals surface area contributed by atoms with Crippen molar-refractivity contribution in [2.24, 2.45) is 0 Å². The molecule has 19 heavy (non-hydrogen) atoms. The fourth-order valence-corrected chi connectivity index (χ4v) is 2.28. The van der Waals surface area contributed by atoms with Gasteiger partial charge in [0.05, 0.1) is 7.11 Å². The lowest BCUT2D eigenvalue weighted by Gasteiger charge is -2.25. The summed E-state index contributed by atoms with van der Waals surface area (Å²) < 4.78 is 5.59. The Balaban J connectivity index is 3.11. The lowest BCUT2D eigenvalue weighted by Crippen LogP contribution is -2.14. The molecule has 0 unspecified atom stereocenters. The number of carboxylic acid groups (broad SMARTS) is 1. The highest BCUT2D eigenvalue weighted by Crippen LogP contribution is 2.36. The lowest BCUT2D eigenvalue weighted by molar-refractivity contribution is -0.137. The fraction of sp³-hybridized carbons (Fsp3) is 0.562. The maximum atomic E-state index is 10.6. The topological polar surface area (TPSA) is 46.5 Å². The number of aryl methyl sites for hydroxylation is 1. The number of hydrogen-bond acceptors (Lipinski definition) is 2. The van der Waals surface area contributed by atoms with Crippen molar-refractivity contribution < 1.29 is 14.6 Å². The fourth-order valence-electron chi connectivity index (χ4n) is 2.28. The van der Waals surface area contributed by atoms with Crippen LogP contribution in [0.1, 0.15) is 50.3 Å².